The number of piperazine rings is 1. The van der Waals surface area contributed by atoms with E-state index in [4.69, 9.17) is 0 Å². The lowest BCUT2D eigenvalue weighted by atomic mass is 9.87. The maximum atomic E-state index is 13.1. The molecule has 0 saturated carbocycles. The molecule has 1 aliphatic rings. The second kappa shape index (κ2) is 9.67. The van der Waals surface area contributed by atoms with Gasteiger partial charge in [0.1, 0.15) is 5.82 Å². The Morgan fingerprint density at radius 1 is 1.12 bits per heavy atom. The predicted molar refractivity (Wildman–Crippen MR) is 100 cm³/mol. The van der Waals surface area contributed by atoms with Gasteiger partial charge in [-0.25, -0.2) is 4.39 Å². The summed E-state index contributed by atoms with van der Waals surface area (Å²) < 4.78 is 13.1. The van der Waals surface area contributed by atoms with Gasteiger partial charge in [0.15, 0.2) is 0 Å². The Labute approximate surface area is 155 Å². The number of nitrogens with one attached hydrogen (secondary N) is 1. The number of carbonyl (C=O) groups is 2. The topological polar surface area (TPSA) is 52.6 Å². The molecule has 1 aliphatic heterocycles. The second-order valence-electron chi connectivity index (χ2n) is 7.13. The summed E-state index contributed by atoms with van der Waals surface area (Å²) in [6.07, 6.45) is 0.312. The summed E-state index contributed by atoms with van der Waals surface area (Å²) in [5.74, 6) is -0.610. The monoisotopic (exact) mass is 363 g/mol. The van der Waals surface area contributed by atoms with Crippen molar-refractivity contribution in [2.45, 2.75) is 33.1 Å². The molecule has 1 fully saturated rings. The van der Waals surface area contributed by atoms with Crippen molar-refractivity contribution in [3.05, 3.63) is 35.6 Å². The van der Waals surface area contributed by atoms with Gasteiger partial charge in [-0.3, -0.25) is 9.59 Å². The SMILES string of the molecule is CCN1CCN(C(=O)CCNC(=O)C(c2ccc(F)cc2)C(C)C)CC1. The van der Waals surface area contributed by atoms with Crippen molar-refractivity contribution in [3.8, 4) is 0 Å². The molecule has 1 N–H and O–H groups in total. The first-order valence-electron chi connectivity index (χ1n) is 9.45. The lowest BCUT2D eigenvalue weighted by Gasteiger charge is -2.34. The molecule has 2 amide bonds. The zero-order valence-electron chi connectivity index (χ0n) is 16.0. The molecular formula is C20H30FN3O2. The fourth-order valence-electron chi connectivity index (χ4n) is 3.38. The second-order valence-corrected chi connectivity index (χ2v) is 7.13. The maximum absolute atomic E-state index is 13.1. The van der Waals surface area contributed by atoms with Gasteiger partial charge in [0.2, 0.25) is 11.8 Å². The lowest BCUT2D eigenvalue weighted by Crippen LogP contribution is -2.49. The number of hydrogen-bond acceptors (Lipinski definition) is 3. The highest BCUT2D eigenvalue weighted by atomic mass is 19.1. The molecule has 6 heteroatoms. The van der Waals surface area contributed by atoms with Gasteiger partial charge in [-0.2, -0.15) is 0 Å². The minimum atomic E-state index is -0.348. The molecule has 0 bridgehead atoms. The van der Waals surface area contributed by atoms with Gasteiger partial charge in [-0.15, -0.1) is 0 Å². The van der Waals surface area contributed by atoms with E-state index in [0.29, 0.717) is 13.0 Å². The van der Waals surface area contributed by atoms with E-state index in [2.05, 4.69) is 17.1 Å². The molecule has 5 nitrogen and oxygen atoms in total. The van der Waals surface area contributed by atoms with Crippen molar-refractivity contribution in [1.29, 1.82) is 0 Å². The van der Waals surface area contributed by atoms with Crippen LogP contribution in [0.4, 0.5) is 4.39 Å². The molecule has 1 atom stereocenters. The Morgan fingerprint density at radius 3 is 2.27 bits per heavy atom. The number of carbonyl (C=O) groups excluding carboxylic acids is 2. The number of nitrogens with zero attached hydrogens (tertiary/aromatic N) is 2. The highest BCUT2D eigenvalue weighted by molar-refractivity contribution is 5.84. The van der Waals surface area contributed by atoms with Crippen LogP contribution in [-0.4, -0.2) is 60.9 Å². The van der Waals surface area contributed by atoms with Crippen LogP contribution in [0.15, 0.2) is 24.3 Å². The summed E-state index contributed by atoms with van der Waals surface area (Å²) in [6.45, 7) is 10.7. The number of benzene rings is 1. The Kier molecular flexibility index (Phi) is 7.57. The van der Waals surface area contributed by atoms with Crippen molar-refractivity contribution in [1.82, 2.24) is 15.1 Å². The predicted octanol–water partition coefficient (Wildman–Crippen LogP) is 2.24. The Morgan fingerprint density at radius 2 is 1.73 bits per heavy atom. The molecule has 0 aromatic heterocycles. The van der Waals surface area contributed by atoms with Crippen molar-refractivity contribution in [2.75, 3.05) is 39.3 Å². The molecule has 1 saturated heterocycles. The zero-order chi connectivity index (χ0) is 19.1. The lowest BCUT2D eigenvalue weighted by molar-refractivity contribution is -0.133. The van der Waals surface area contributed by atoms with Crippen LogP contribution in [-0.2, 0) is 9.59 Å². The Balaban J connectivity index is 1.82. The van der Waals surface area contributed by atoms with Crippen LogP contribution in [0, 0.1) is 11.7 Å². The van der Waals surface area contributed by atoms with Crippen LogP contribution in [0.2, 0.25) is 0 Å². The van der Waals surface area contributed by atoms with Crippen molar-refractivity contribution in [3.63, 3.8) is 0 Å². The molecular weight excluding hydrogens is 333 g/mol. The van der Waals surface area contributed by atoms with E-state index in [1.807, 2.05) is 18.7 Å². The summed E-state index contributed by atoms with van der Waals surface area (Å²) in [5.41, 5.74) is 0.793. The van der Waals surface area contributed by atoms with Crippen LogP contribution in [0.3, 0.4) is 0 Å². The Hall–Kier alpha value is -1.95. The fourth-order valence-corrected chi connectivity index (χ4v) is 3.38. The number of hydrogen-bond donors (Lipinski definition) is 1. The first kappa shape index (κ1) is 20.4. The smallest absolute Gasteiger partial charge is 0.227 e. The van der Waals surface area contributed by atoms with E-state index in [0.717, 1.165) is 38.3 Å². The van der Waals surface area contributed by atoms with Gasteiger partial charge < -0.3 is 15.1 Å². The molecule has 0 aliphatic carbocycles. The third kappa shape index (κ3) is 5.53. The average molecular weight is 363 g/mol. The van der Waals surface area contributed by atoms with Gasteiger partial charge in [-0.05, 0) is 30.2 Å². The molecule has 26 heavy (non-hydrogen) atoms. The summed E-state index contributed by atoms with van der Waals surface area (Å²) in [7, 11) is 0. The number of likely N-dealkylation sites (N-methyl/N-ethyl adjacent to an activating group) is 1. The third-order valence-electron chi connectivity index (χ3n) is 4.99. The van der Waals surface area contributed by atoms with Gasteiger partial charge in [0, 0.05) is 39.1 Å². The molecule has 144 valence electrons. The molecule has 1 aromatic rings. The highest BCUT2D eigenvalue weighted by Crippen LogP contribution is 2.24. The van der Waals surface area contributed by atoms with Gasteiger partial charge in [0.05, 0.1) is 5.92 Å². The molecule has 1 heterocycles. The van der Waals surface area contributed by atoms with E-state index in [1.165, 1.54) is 12.1 Å². The highest BCUT2D eigenvalue weighted by Gasteiger charge is 2.25. The standard InChI is InChI=1S/C20H30FN3O2/c1-4-23-11-13-24(14-12-23)18(25)9-10-22-20(26)19(15(2)3)16-5-7-17(21)8-6-16/h5-8,15,19H,4,9-14H2,1-3H3,(H,22,26). The quantitative estimate of drug-likeness (QED) is 0.808. The van der Waals surface area contributed by atoms with E-state index < -0.39 is 0 Å². The molecule has 1 unspecified atom stereocenters. The number of halogens is 1. The van der Waals surface area contributed by atoms with Crippen molar-refractivity contribution < 1.29 is 14.0 Å². The fraction of sp³-hybridized carbons (Fsp3) is 0.600. The normalized spacial score (nSPS) is 16.6. The molecule has 0 spiro atoms. The van der Waals surface area contributed by atoms with E-state index in [1.54, 1.807) is 12.1 Å². The van der Waals surface area contributed by atoms with Gasteiger partial charge >= 0.3 is 0 Å². The summed E-state index contributed by atoms with van der Waals surface area (Å²) in [5, 5.41) is 2.88. The maximum Gasteiger partial charge on any atom is 0.227 e. The Bertz CT molecular complexity index is 596. The van der Waals surface area contributed by atoms with Gasteiger partial charge in [0.25, 0.3) is 0 Å². The summed E-state index contributed by atoms with van der Waals surface area (Å²) >= 11 is 0. The van der Waals surface area contributed by atoms with E-state index >= 15 is 0 Å². The third-order valence-corrected chi connectivity index (χ3v) is 4.99. The molecule has 1 aromatic carbocycles. The van der Waals surface area contributed by atoms with Crippen LogP contribution in [0.1, 0.15) is 38.7 Å². The van der Waals surface area contributed by atoms with Crippen molar-refractivity contribution in [2.24, 2.45) is 5.92 Å². The van der Waals surface area contributed by atoms with Crippen LogP contribution >= 0.6 is 0 Å². The average Bonchev–Trinajstić information content (AvgIpc) is 2.63. The van der Waals surface area contributed by atoms with Gasteiger partial charge in [-0.1, -0.05) is 32.9 Å². The number of amides is 2. The molecule has 2 rings (SSSR count). The first-order chi connectivity index (χ1) is 12.4. The minimum absolute atomic E-state index is 0.0817. The van der Waals surface area contributed by atoms with Crippen molar-refractivity contribution >= 4 is 11.8 Å². The van der Waals surface area contributed by atoms with E-state index in [9.17, 15) is 14.0 Å². The first-order valence-corrected chi connectivity index (χ1v) is 9.45. The van der Waals surface area contributed by atoms with Crippen LogP contribution in [0.5, 0.6) is 0 Å². The largest absolute Gasteiger partial charge is 0.355 e. The minimum Gasteiger partial charge on any atom is -0.355 e. The summed E-state index contributed by atoms with van der Waals surface area (Å²) in [4.78, 5) is 29.1. The summed E-state index contributed by atoms with van der Waals surface area (Å²) in [6, 6.07) is 6.05. The van der Waals surface area contributed by atoms with Crippen LogP contribution < -0.4 is 5.32 Å². The number of rotatable bonds is 7. The zero-order valence-corrected chi connectivity index (χ0v) is 16.0. The van der Waals surface area contributed by atoms with E-state index in [-0.39, 0.29) is 29.5 Å². The molecule has 0 radical (unpaired) electrons. The van der Waals surface area contributed by atoms with Crippen LogP contribution in [0.25, 0.3) is 0 Å².